The molecule has 1 N–H and O–H groups in total. The third-order valence-electron chi connectivity index (χ3n) is 6.01. The van der Waals surface area contributed by atoms with Gasteiger partial charge < -0.3 is 15.0 Å². The number of sulfonamides is 1. The van der Waals surface area contributed by atoms with Gasteiger partial charge in [-0.05, 0) is 77.1 Å². The van der Waals surface area contributed by atoms with E-state index in [0.717, 1.165) is 4.31 Å². The largest absolute Gasteiger partial charge is 0.494 e. The Morgan fingerprint density at radius 1 is 0.950 bits per heavy atom. The predicted molar refractivity (Wildman–Crippen MR) is 153 cm³/mol. The Labute approximate surface area is 235 Å². The van der Waals surface area contributed by atoms with Gasteiger partial charge in [-0.1, -0.05) is 36.4 Å². The van der Waals surface area contributed by atoms with Crippen molar-refractivity contribution in [2.24, 2.45) is 0 Å². The quantitative estimate of drug-likeness (QED) is 0.360. The second-order valence-corrected chi connectivity index (χ2v) is 12.1. The molecule has 8 nitrogen and oxygen atoms in total. The molecule has 0 spiro atoms. The molecule has 0 aliphatic heterocycles. The van der Waals surface area contributed by atoms with E-state index in [4.69, 9.17) is 4.74 Å². The van der Waals surface area contributed by atoms with Crippen molar-refractivity contribution in [3.63, 3.8) is 0 Å². The van der Waals surface area contributed by atoms with Gasteiger partial charge in [0.1, 0.15) is 24.2 Å². The maximum absolute atomic E-state index is 14.6. The molecule has 10 heteroatoms. The third kappa shape index (κ3) is 7.81. The van der Waals surface area contributed by atoms with Crippen molar-refractivity contribution < 1.29 is 27.1 Å². The van der Waals surface area contributed by atoms with Gasteiger partial charge in [0.05, 0.1) is 17.2 Å². The molecule has 214 valence electrons. The summed E-state index contributed by atoms with van der Waals surface area (Å²) in [5, 5.41) is 2.84. The minimum absolute atomic E-state index is 0.00383. The molecule has 0 saturated heterocycles. The van der Waals surface area contributed by atoms with Gasteiger partial charge in [-0.2, -0.15) is 0 Å². The number of nitrogens with zero attached hydrogens (tertiary/aromatic N) is 2. The Balaban J connectivity index is 2.04. The number of nitrogens with one attached hydrogen (secondary N) is 1. The van der Waals surface area contributed by atoms with Gasteiger partial charge in [0, 0.05) is 17.6 Å². The lowest BCUT2D eigenvalue weighted by atomic mass is 10.1. The van der Waals surface area contributed by atoms with Gasteiger partial charge in [-0.3, -0.25) is 13.9 Å². The van der Waals surface area contributed by atoms with Crippen LogP contribution in [0.3, 0.4) is 0 Å². The number of anilines is 1. The molecule has 1 atom stereocenters. The highest BCUT2D eigenvalue weighted by Crippen LogP contribution is 2.27. The molecule has 0 aliphatic carbocycles. The number of amides is 2. The predicted octanol–water partition coefficient (Wildman–Crippen LogP) is 4.75. The number of hydrogen-bond donors (Lipinski definition) is 1. The zero-order valence-corrected chi connectivity index (χ0v) is 24.2. The lowest BCUT2D eigenvalue weighted by molar-refractivity contribution is -0.140. The molecule has 3 aromatic rings. The Morgan fingerprint density at radius 2 is 1.55 bits per heavy atom. The lowest BCUT2D eigenvalue weighted by Gasteiger charge is -2.33. The molecule has 0 aliphatic rings. The first-order valence-electron chi connectivity index (χ1n) is 13.0. The third-order valence-corrected chi connectivity index (χ3v) is 7.80. The number of ether oxygens (including phenoxy) is 1. The van der Waals surface area contributed by atoms with Crippen LogP contribution in [0.2, 0.25) is 0 Å². The second-order valence-electron chi connectivity index (χ2n) is 10.3. The van der Waals surface area contributed by atoms with Gasteiger partial charge in [-0.25, -0.2) is 12.8 Å². The van der Waals surface area contributed by atoms with E-state index in [1.807, 2.05) is 6.92 Å². The first-order valence-corrected chi connectivity index (χ1v) is 14.4. The Hall–Kier alpha value is -3.92. The number of halogens is 1. The number of carbonyl (C=O) groups is 2. The van der Waals surface area contributed by atoms with Crippen LogP contribution in [0, 0.1) is 5.82 Å². The molecule has 0 heterocycles. The minimum Gasteiger partial charge on any atom is -0.494 e. The lowest BCUT2D eigenvalue weighted by Crippen LogP contribution is -2.54. The fraction of sp³-hybridized carbons (Fsp3) is 0.333. The van der Waals surface area contributed by atoms with Crippen LogP contribution in [-0.4, -0.2) is 49.9 Å². The normalized spacial score (nSPS) is 12.3. The maximum atomic E-state index is 14.6. The molecule has 3 aromatic carbocycles. The van der Waals surface area contributed by atoms with Gasteiger partial charge in [0.15, 0.2) is 0 Å². The second kappa shape index (κ2) is 13.0. The van der Waals surface area contributed by atoms with Gasteiger partial charge in [-0.15, -0.1) is 0 Å². The monoisotopic (exact) mass is 569 g/mol. The zero-order chi connectivity index (χ0) is 29.5. The SMILES string of the molecule is CCOc1ccc(N(CC(=O)N(Cc2ccccc2F)C(C)C(=O)NC(C)(C)C)S(=O)(=O)c2ccccc2)cc1. The van der Waals surface area contributed by atoms with Crippen molar-refractivity contribution in [3.8, 4) is 5.75 Å². The van der Waals surface area contributed by atoms with Crippen LogP contribution >= 0.6 is 0 Å². The summed E-state index contributed by atoms with van der Waals surface area (Å²) >= 11 is 0. The summed E-state index contributed by atoms with van der Waals surface area (Å²) in [5.41, 5.74) is -0.147. The summed E-state index contributed by atoms with van der Waals surface area (Å²) in [6.07, 6.45) is 0. The Kier molecular flexibility index (Phi) is 9.92. The van der Waals surface area contributed by atoms with E-state index in [1.165, 1.54) is 42.2 Å². The Bertz CT molecular complexity index is 1410. The Morgan fingerprint density at radius 3 is 2.12 bits per heavy atom. The highest BCUT2D eigenvalue weighted by Gasteiger charge is 2.33. The van der Waals surface area contributed by atoms with Gasteiger partial charge in [0.25, 0.3) is 10.0 Å². The number of hydrogen-bond acceptors (Lipinski definition) is 5. The molecule has 0 bridgehead atoms. The molecule has 2 amide bonds. The average molecular weight is 570 g/mol. The molecule has 1 unspecified atom stereocenters. The van der Waals surface area contributed by atoms with Crippen LogP contribution in [0.4, 0.5) is 10.1 Å². The van der Waals surface area contributed by atoms with Crippen LogP contribution in [0.25, 0.3) is 0 Å². The van der Waals surface area contributed by atoms with E-state index in [1.54, 1.807) is 69.3 Å². The summed E-state index contributed by atoms with van der Waals surface area (Å²) in [6.45, 7) is 8.37. The fourth-order valence-electron chi connectivity index (χ4n) is 3.99. The van der Waals surface area contributed by atoms with E-state index in [2.05, 4.69) is 5.32 Å². The highest BCUT2D eigenvalue weighted by atomic mass is 32.2. The summed E-state index contributed by atoms with van der Waals surface area (Å²) < 4.78 is 48.7. The molecule has 3 rings (SSSR count). The van der Waals surface area contributed by atoms with Crippen LogP contribution in [0.15, 0.2) is 83.8 Å². The summed E-state index contributed by atoms with van der Waals surface area (Å²) in [4.78, 5) is 28.2. The molecule has 40 heavy (non-hydrogen) atoms. The van der Waals surface area contributed by atoms with E-state index < -0.39 is 45.8 Å². The molecule has 0 aromatic heterocycles. The topological polar surface area (TPSA) is 96.0 Å². The number of carbonyl (C=O) groups excluding carboxylic acids is 2. The van der Waals surface area contributed by atoms with E-state index in [9.17, 15) is 22.4 Å². The average Bonchev–Trinajstić information content (AvgIpc) is 2.91. The number of rotatable bonds is 11. The van der Waals surface area contributed by atoms with Crippen molar-refractivity contribution in [1.29, 1.82) is 0 Å². The van der Waals surface area contributed by atoms with Crippen LogP contribution in [-0.2, 0) is 26.2 Å². The first kappa shape index (κ1) is 30.6. The van der Waals surface area contributed by atoms with E-state index >= 15 is 0 Å². The molecule has 0 saturated carbocycles. The van der Waals surface area contributed by atoms with E-state index in [-0.39, 0.29) is 22.7 Å². The minimum atomic E-state index is -4.19. The van der Waals surface area contributed by atoms with Crippen LogP contribution in [0.5, 0.6) is 5.75 Å². The standard InChI is InChI=1S/C30H36FN3O5S/c1-6-39-25-18-16-24(17-19-25)34(40(37,38)26-13-8-7-9-14-26)21-28(35)33(20-23-12-10-11-15-27(23)31)22(2)29(36)32-30(3,4)5/h7-19,22H,6,20-21H2,1-5H3,(H,32,36). The van der Waals surface area contributed by atoms with E-state index in [0.29, 0.717) is 12.4 Å². The van der Waals surface area contributed by atoms with Crippen molar-refractivity contribution in [1.82, 2.24) is 10.2 Å². The van der Waals surface area contributed by atoms with Crippen LogP contribution in [0.1, 0.15) is 40.2 Å². The highest BCUT2D eigenvalue weighted by molar-refractivity contribution is 7.92. The molecule has 0 fully saturated rings. The molecular weight excluding hydrogens is 533 g/mol. The molecular formula is C30H36FN3O5S. The van der Waals surface area contributed by atoms with Crippen molar-refractivity contribution in [3.05, 3.63) is 90.2 Å². The molecule has 0 radical (unpaired) electrons. The van der Waals surface area contributed by atoms with Crippen molar-refractivity contribution in [2.45, 2.75) is 57.6 Å². The summed E-state index contributed by atoms with van der Waals surface area (Å²) in [6, 6.07) is 19.0. The van der Waals surface area contributed by atoms with Gasteiger partial charge in [0.2, 0.25) is 11.8 Å². The zero-order valence-electron chi connectivity index (χ0n) is 23.4. The maximum Gasteiger partial charge on any atom is 0.264 e. The summed E-state index contributed by atoms with van der Waals surface area (Å²) in [5.74, 6) is -1.11. The van der Waals surface area contributed by atoms with Gasteiger partial charge >= 0.3 is 0 Å². The number of benzene rings is 3. The smallest absolute Gasteiger partial charge is 0.264 e. The van der Waals surface area contributed by atoms with Crippen molar-refractivity contribution >= 4 is 27.5 Å². The first-order chi connectivity index (χ1) is 18.8. The fourth-order valence-corrected chi connectivity index (χ4v) is 5.43. The van der Waals surface area contributed by atoms with Crippen LogP contribution < -0.4 is 14.4 Å². The summed E-state index contributed by atoms with van der Waals surface area (Å²) in [7, 11) is -4.19. The van der Waals surface area contributed by atoms with Crippen molar-refractivity contribution in [2.75, 3.05) is 17.5 Å².